The molecule has 9 heteroatoms. The lowest BCUT2D eigenvalue weighted by atomic mass is 9.94. The van der Waals surface area contributed by atoms with Gasteiger partial charge in [0.1, 0.15) is 24.8 Å². The molecule has 1 heterocycles. The van der Waals surface area contributed by atoms with Gasteiger partial charge in [-0.2, -0.15) is 14.3 Å². The van der Waals surface area contributed by atoms with E-state index in [2.05, 4.69) is 17.4 Å². The third kappa shape index (κ3) is 4.19. The van der Waals surface area contributed by atoms with Crippen LogP contribution in [0.15, 0.2) is 72.8 Å². The summed E-state index contributed by atoms with van der Waals surface area (Å²) in [4.78, 5) is 50.5. The SMILES string of the molecule is O=C(O)C[N+]1=C2C=CC=CC2C(=O)N(CCNC(=O)OCC2c3ccccc3-c3ccccc32)C1=O. The largest absolute Gasteiger partial charge is 0.501 e. The molecule has 1 atom stereocenters. The van der Waals surface area contributed by atoms with E-state index in [1.54, 1.807) is 24.3 Å². The van der Waals surface area contributed by atoms with Crippen LogP contribution in [0.2, 0.25) is 0 Å². The summed E-state index contributed by atoms with van der Waals surface area (Å²) in [5.74, 6) is -2.49. The van der Waals surface area contributed by atoms with Gasteiger partial charge < -0.3 is 15.2 Å². The Hall–Kier alpha value is -4.53. The van der Waals surface area contributed by atoms with Gasteiger partial charge >= 0.3 is 24.0 Å². The number of urea groups is 1. The van der Waals surface area contributed by atoms with Crippen LogP contribution in [0.1, 0.15) is 17.0 Å². The summed E-state index contributed by atoms with van der Waals surface area (Å²) in [6.45, 7) is -0.562. The predicted octanol–water partition coefficient (Wildman–Crippen LogP) is 2.77. The van der Waals surface area contributed by atoms with Crippen LogP contribution in [-0.2, 0) is 14.3 Å². The number of fused-ring (bicyclic) bond motifs is 4. The molecule has 1 aliphatic heterocycles. The van der Waals surface area contributed by atoms with Crippen molar-refractivity contribution in [1.82, 2.24) is 10.2 Å². The Morgan fingerprint density at radius 3 is 2.33 bits per heavy atom. The molecule has 5 rings (SSSR count). The third-order valence-electron chi connectivity index (χ3n) is 6.55. The maximum Gasteiger partial charge on any atom is 0.501 e. The fraction of sp³-hybridized carbons (Fsp3) is 0.222. The van der Waals surface area contributed by atoms with Gasteiger partial charge in [0.05, 0.1) is 6.54 Å². The van der Waals surface area contributed by atoms with Crippen LogP contribution in [0, 0.1) is 5.92 Å². The number of nitrogens with one attached hydrogen (secondary N) is 1. The number of hydrogen-bond acceptors (Lipinski definition) is 5. The molecule has 0 saturated carbocycles. The van der Waals surface area contributed by atoms with Crippen molar-refractivity contribution in [3.05, 3.63) is 84.0 Å². The Kier molecular flexibility index (Phi) is 6.20. The first-order chi connectivity index (χ1) is 17.5. The Balaban J connectivity index is 1.20. The summed E-state index contributed by atoms with van der Waals surface area (Å²) in [7, 11) is 0. The minimum Gasteiger partial charge on any atom is -0.478 e. The first-order valence-corrected chi connectivity index (χ1v) is 11.6. The number of carbonyl (C=O) groups is 4. The molecule has 9 nitrogen and oxygen atoms in total. The molecule has 0 radical (unpaired) electrons. The second-order valence-electron chi connectivity index (χ2n) is 8.65. The van der Waals surface area contributed by atoms with Gasteiger partial charge in [-0.1, -0.05) is 66.8 Å². The van der Waals surface area contributed by atoms with Crippen LogP contribution >= 0.6 is 0 Å². The van der Waals surface area contributed by atoms with E-state index in [9.17, 15) is 24.3 Å². The zero-order valence-corrected chi connectivity index (χ0v) is 19.3. The second-order valence-corrected chi connectivity index (χ2v) is 8.65. The molecule has 2 N–H and O–H groups in total. The van der Waals surface area contributed by atoms with Gasteiger partial charge in [-0.25, -0.2) is 14.4 Å². The normalized spacial score (nSPS) is 18.1. The van der Waals surface area contributed by atoms with Crippen molar-refractivity contribution in [3.8, 4) is 11.1 Å². The highest BCUT2D eigenvalue weighted by Gasteiger charge is 2.47. The highest BCUT2D eigenvalue weighted by atomic mass is 16.5. The molecule has 0 aromatic heterocycles. The fourth-order valence-electron chi connectivity index (χ4n) is 4.94. The minimum atomic E-state index is -1.19. The number of ether oxygens (including phenoxy) is 1. The van der Waals surface area contributed by atoms with E-state index in [4.69, 9.17) is 4.74 Å². The highest BCUT2D eigenvalue weighted by Crippen LogP contribution is 2.44. The van der Waals surface area contributed by atoms with Crippen LogP contribution in [-0.4, -0.2) is 70.5 Å². The van der Waals surface area contributed by atoms with Gasteiger partial charge in [-0.15, -0.1) is 0 Å². The molecule has 1 unspecified atom stereocenters. The summed E-state index contributed by atoms with van der Waals surface area (Å²) >= 11 is 0. The van der Waals surface area contributed by atoms with Crippen molar-refractivity contribution in [2.45, 2.75) is 5.92 Å². The summed E-state index contributed by atoms with van der Waals surface area (Å²) in [6, 6.07) is 15.3. The van der Waals surface area contributed by atoms with E-state index in [0.717, 1.165) is 31.7 Å². The number of benzene rings is 2. The van der Waals surface area contributed by atoms with Crippen molar-refractivity contribution in [2.24, 2.45) is 5.92 Å². The van der Waals surface area contributed by atoms with Gasteiger partial charge in [0, 0.05) is 5.92 Å². The summed E-state index contributed by atoms with van der Waals surface area (Å²) in [5, 5.41) is 11.8. The average Bonchev–Trinajstić information content (AvgIpc) is 3.21. The Labute approximate surface area is 207 Å². The van der Waals surface area contributed by atoms with Crippen LogP contribution in [0.3, 0.4) is 0 Å². The molecule has 2 aliphatic carbocycles. The number of aliphatic carboxylic acids is 1. The number of carbonyl (C=O) groups excluding carboxylic acids is 3. The zero-order chi connectivity index (χ0) is 25.2. The Morgan fingerprint density at radius 2 is 1.67 bits per heavy atom. The average molecular weight is 487 g/mol. The maximum atomic E-state index is 12.9. The number of alkyl carbamates (subject to hydrolysis) is 1. The molecule has 0 saturated heterocycles. The summed E-state index contributed by atoms with van der Waals surface area (Å²) in [5.41, 5.74) is 4.76. The van der Waals surface area contributed by atoms with E-state index >= 15 is 0 Å². The lowest BCUT2D eigenvalue weighted by molar-refractivity contribution is -0.430. The number of nitrogens with zero attached hydrogens (tertiary/aromatic N) is 2. The molecule has 2 aromatic carbocycles. The van der Waals surface area contributed by atoms with Gasteiger partial charge in [-0.05, 0) is 28.3 Å². The first kappa shape index (κ1) is 23.2. The van der Waals surface area contributed by atoms with Crippen molar-refractivity contribution in [2.75, 3.05) is 26.2 Å². The number of allylic oxidation sites excluding steroid dienone is 3. The summed E-state index contributed by atoms with van der Waals surface area (Å²) in [6.07, 6.45) is 5.84. The van der Waals surface area contributed by atoms with Gasteiger partial charge in [0.15, 0.2) is 6.54 Å². The standard InChI is InChI=1S/C27H23N3O6/c31-24(32)15-30-23-12-6-5-11-21(23)25(33)29(27(30)35)14-13-28-26(34)36-16-22-19-9-3-1-7-17(19)18-8-2-4-10-20(18)22/h1-12,21-22H,13-16H2,(H-,28,31,32,34)/p+1. The molecule has 0 bridgehead atoms. The van der Waals surface area contributed by atoms with E-state index in [0.29, 0.717) is 5.71 Å². The molecule has 3 aliphatic rings. The quantitative estimate of drug-likeness (QED) is 0.582. The third-order valence-corrected chi connectivity index (χ3v) is 6.55. The maximum absolute atomic E-state index is 12.9. The molecule has 0 fully saturated rings. The van der Waals surface area contributed by atoms with E-state index in [1.807, 2.05) is 36.4 Å². The van der Waals surface area contributed by atoms with Crippen LogP contribution in [0.5, 0.6) is 0 Å². The number of imide groups is 1. The summed E-state index contributed by atoms with van der Waals surface area (Å²) < 4.78 is 6.56. The fourth-order valence-corrected chi connectivity index (χ4v) is 4.94. The monoisotopic (exact) mass is 486 g/mol. The lowest BCUT2D eigenvalue weighted by Gasteiger charge is -2.26. The highest BCUT2D eigenvalue weighted by molar-refractivity contribution is 6.16. The molecule has 0 spiro atoms. The topological polar surface area (TPSA) is 116 Å². The van der Waals surface area contributed by atoms with Crippen molar-refractivity contribution < 1.29 is 33.6 Å². The predicted molar refractivity (Wildman–Crippen MR) is 130 cm³/mol. The van der Waals surface area contributed by atoms with Crippen LogP contribution in [0.25, 0.3) is 11.1 Å². The van der Waals surface area contributed by atoms with Crippen molar-refractivity contribution in [1.29, 1.82) is 0 Å². The smallest absolute Gasteiger partial charge is 0.478 e. The zero-order valence-electron chi connectivity index (χ0n) is 19.3. The molecular formula is C27H24N3O6+. The number of rotatable bonds is 7. The second kappa shape index (κ2) is 9.61. The number of carboxylic acids is 1. The van der Waals surface area contributed by atoms with Gasteiger partial charge in [0.25, 0.3) is 0 Å². The number of carboxylic acid groups (broad SMARTS) is 1. The van der Waals surface area contributed by atoms with Crippen LogP contribution < -0.4 is 5.32 Å². The van der Waals surface area contributed by atoms with Crippen molar-refractivity contribution in [3.63, 3.8) is 0 Å². The molecule has 4 amide bonds. The van der Waals surface area contributed by atoms with E-state index in [-0.39, 0.29) is 25.6 Å². The Bertz CT molecular complexity index is 1310. The lowest BCUT2D eigenvalue weighted by Crippen LogP contribution is -2.56. The molecule has 182 valence electrons. The number of hydrogen-bond donors (Lipinski definition) is 2. The van der Waals surface area contributed by atoms with Gasteiger partial charge in [-0.3, -0.25) is 0 Å². The first-order valence-electron chi connectivity index (χ1n) is 11.6. The van der Waals surface area contributed by atoms with E-state index in [1.165, 1.54) is 0 Å². The number of amides is 4. The van der Waals surface area contributed by atoms with Crippen LogP contribution in [0.4, 0.5) is 9.59 Å². The minimum absolute atomic E-state index is 0.0311. The molecular weight excluding hydrogens is 462 g/mol. The Morgan fingerprint density at radius 1 is 1.00 bits per heavy atom. The van der Waals surface area contributed by atoms with Gasteiger partial charge in [0.2, 0.25) is 0 Å². The van der Waals surface area contributed by atoms with E-state index < -0.39 is 36.5 Å². The molecule has 36 heavy (non-hydrogen) atoms. The molecule has 2 aromatic rings. The van der Waals surface area contributed by atoms with Crippen molar-refractivity contribution >= 4 is 29.7 Å².